The summed E-state index contributed by atoms with van der Waals surface area (Å²) >= 11 is 0. The second kappa shape index (κ2) is 6.51. The molecular weight excluding hydrogens is 270 g/mol. The number of likely N-dealkylation sites (tertiary alicyclic amines) is 1. The van der Waals surface area contributed by atoms with Crippen LogP contribution in [-0.2, 0) is 9.59 Å². The van der Waals surface area contributed by atoms with Gasteiger partial charge in [-0.3, -0.25) is 9.59 Å². The van der Waals surface area contributed by atoms with Crippen LogP contribution in [0, 0.1) is 6.92 Å². The molecule has 2 N–H and O–H groups in total. The second-order valence-corrected chi connectivity index (χ2v) is 5.15. The highest BCUT2D eigenvalue weighted by Gasteiger charge is 2.32. The van der Waals surface area contributed by atoms with E-state index >= 15 is 0 Å². The molecule has 0 saturated carbocycles. The number of rotatable bonds is 5. The van der Waals surface area contributed by atoms with E-state index in [0.29, 0.717) is 18.9 Å². The Morgan fingerprint density at radius 3 is 2.67 bits per heavy atom. The number of nitrogens with one attached hydrogen (secondary N) is 2. The Labute approximate surface area is 124 Å². The summed E-state index contributed by atoms with van der Waals surface area (Å²) in [5, 5.41) is 5.87. The van der Waals surface area contributed by atoms with Crippen molar-refractivity contribution >= 4 is 17.6 Å². The SMILES string of the molecule is CC(=O)NCCNc1cc([C@@H]2CCN2C(C)=O)nc(C)n1. The summed E-state index contributed by atoms with van der Waals surface area (Å²) in [6, 6.07) is 1.93. The molecule has 1 fully saturated rings. The number of aryl methyl sites for hydroxylation is 1. The van der Waals surface area contributed by atoms with Gasteiger partial charge in [0.25, 0.3) is 0 Å². The van der Waals surface area contributed by atoms with Crippen molar-refractivity contribution in [2.45, 2.75) is 33.2 Å². The lowest BCUT2D eigenvalue weighted by Gasteiger charge is -2.40. The molecule has 1 aromatic rings. The van der Waals surface area contributed by atoms with E-state index in [1.54, 1.807) is 6.92 Å². The van der Waals surface area contributed by atoms with Crippen molar-refractivity contribution in [1.29, 1.82) is 0 Å². The lowest BCUT2D eigenvalue weighted by atomic mass is 9.99. The van der Waals surface area contributed by atoms with Crippen LogP contribution < -0.4 is 10.6 Å². The molecule has 1 aliphatic rings. The maximum atomic E-state index is 11.5. The zero-order valence-electron chi connectivity index (χ0n) is 12.6. The summed E-state index contributed by atoms with van der Waals surface area (Å²) in [6.45, 7) is 6.81. The van der Waals surface area contributed by atoms with Gasteiger partial charge in [-0.1, -0.05) is 0 Å². The number of anilines is 1. The zero-order valence-corrected chi connectivity index (χ0v) is 12.6. The van der Waals surface area contributed by atoms with Crippen molar-refractivity contribution in [3.8, 4) is 0 Å². The molecule has 114 valence electrons. The first-order valence-electron chi connectivity index (χ1n) is 7.08. The average Bonchev–Trinajstić information content (AvgIpc) is 2.31. The number of carbonyl (C=O) groups excluding carboxylic acids is 2. The molecule has 2 heterocycles. The van der Waals surface area contributed by atoms with Crippen molar-refractivity contribution < 1.29 is 9.59 Å². The summed E-state index contributed by atoms with van der Waals surface area (Å²) in [5.74, 6) is 1.41. The van der Waals surface area contributed by atoms with Gasteiger partial charge >= 0.3 is 0 Å². The van der Waals surface area contributed by atoms with Gasteiger partial charge in [-0.25, -0.2) is 9.97 Å². The van der Waals surface area contributed by atoms with E-state index in [0.717, 1.165) is 24.5 Å². The van der Waals surface area contributed by atoms with Gasteiger partial charge in [0, 0.05) is 39.5 Å². The minimum absolute atomic E-state index is 0.0528. The Hall–Kier alpha value is -2.18. The highest BCUT2D eigenvalue weighted by molar-refractivity contribution is 5.74. The third-order valence-electron chi connectivity index (χ3n) is 3.43. The molecule has 0 aliphatic carbocycles. The van der Waals surface area contributed by atoms with Crippen LogP contribution in [0.3, 0.4) is 0 Å². The maximum absolute atomic E-state index is 11.5. The molecule has 0 bridgehead atoms. The molecular formula is C14H21N5O2. The van der Waals surface area contributed by atoms with Crippen molar-refractivity contribution in [2.75, 3.05) is 25.0 Å². The molecule has 7 heteroatoms. The van der Waals surface area contributed by atoms with Crippen LogP contribution in [0.2, 0.25) is 0 Å². The Morgan fingerprint density at radius 2 is 2.10 bits per heavy atom. The standard InChI is InChI=1S/C14H21N5O2/c1-9-17-12(13-4-7-19(13)11(3)21)8-14(18-9)16-6-5-15-10(2)20/h8,13H,4-7H2,1-3H3,(H,15,20)(H,16,17,18)/t13-/m0/s1. The summed E-state index contributed by atoms with van der Waals surface area (Å²) in [7, 11) is 0. The summed E-state index contributed by atoms with van der Waals surface area (Å²) in [5.41, 5.74) is 0.867. The van der Waals surface area contributed by atoms with Gasteiger partial charge in [0.05, 0.1) is 11.7 Å². The second-order valence-electron chi connectivity index (χ2n) is 5.15. The third-order valence-corrected chi connectivity index (χ3v) is 3.43. The smallest absolute Gasteiger partial charge is 0.220 e. The fourth-order valence-corrected chi connectivity index (χ4v) is 2.35. The molecule has 1 aliphatic heterocycles. The van der Waals surface area contributed by atoms with Crippen LogP contribution in [0.4, 0.5) is 5.82 Å². The van der Waals surface area contributed by atoms with Crippen LogP contribution in [0.1, 0.15) is 37.8 Å². The van der Waals surface area contributed by atoms with Crippen LogP contribution in [0.15, 0.2) is 6.07 Å². The van der Waals surface area contributed by atoms with Crippen molar-refractivity contribution in [2.24, 2.45) is 0 Å². The minimum atomic E-state index is -0.0528. The molecule has 0 radical (unpaired) electrons. The molecule has 1 atom stereocenters. The van der Waals surface area contributed by atoms with E-state index in [4.69, 9.17) is 0 Å². The molecule has 0 aromatic carbocycles. The first-order valence-corrected chi connectivity index (χ1v) is 7.08. The third kappa shape index (κ3) is 3.90. The number of aromatic nitrogens is 2. The number of nitrogens with zero attached hydrogens (tertiary/aromatic N) is 3. The largest absolute Gasteiger partial charge is 0.368 e. The highest BCUT2D eigenvalue weighted by Crippen LogP contribution is 2.32. The van der Waals surface area contributed by atoms with E-state index < -0.39 is 0 Å². The number of hydrogen-bond acceptors (Lipinski definition) is 5. The molecule has 0 spiro atoms. The van der Waals surface area contributed by atoms with Gasteiger partial charge in [-0.15, -0.1) is 0 Å². The number of carbonyl (C=O) groups is 2. The molecule has 21 heavy (non-hydrogen) atoms. The normalized spacial score (nSPS) is 17.1. The number of hydrogen-bond donors (Lipinski definition) is 2. The molecule has 7 nitrogen and oxygen atoms in total. The Morgan fingerprint density at radius 1 is 1.33 bits per heavy atom. The van der Waals surface area contributed by atoms with Crippen LogP contribution in [0.5, 0.6) is 0 Å². The fourth-order valence-electron chi connectivity index (χ4n) is 2.35. The van der Waals surface area contributed by atoms with E-state index in [-0.39, 0.29) is 17.9 Å². The minimum Gasteiger partial charge on any atom is -0.368 e. The van der Waals surface area contributed by atoms with E-state index in [1.165, 1.54) is 6.92 Å². The molecule has 2 rings (SSSR count). The van der Waals surface area contributed by atoms with E-state index in [1.807, 2.05) is 17.9 Å². The zero-order chi connectivity index (χ0) is 15.4. The monoisotopic (exact) mass is 291 g/mol. The Kier molecular flexibility index (Phi) is 4.72. The molecule has 2 amide bonds. The number of amides is 2. The molecule has 0 unspecified atom stereocenters. The summed E-state index contributed by atoms with van der Waals surface area (Å²) in [4.78, 5) is 32.8. The van der Waals surface area contributed by atoms with Crippen molar-refractivity contribution in [1.82, 2.24) is 20.2 Å². The lowest BCUT2D eigenvalue weighted by Crippen LogP contribution is -2.44. The van der Waals surface area contributed by atoms with Gasteiger partial charge in [0.2, 0.25) is 11.8 Å². The fraction of sp³-hybridized carbons (Fsp3) is 0.571. The van der Waals surface area contributed by atoms with Crippen molar-refractivity contribution in [3.63, 3.8) is 0 Å². The van der Waals surface area contributed by atoms with Gasteiger partial charge < -0.3 is 15.5 Å². The van der Waals surface area contributed by atoms with Gasteiger partial charge in [-0.05, 0) is 13.3 Å². The lowest BCUT2D eigenvalue weighted by molar-refractivity contribution is -0.136. The van der Waals surface area contributed by atoms with Gasteiger partial charge in [-0.2, -0.15) is 0 Å². The van der Waals surface area contributed by atoms with Crippen LogP contribution in [0.25, 0.3) is 0 Å². The highest BCUT2D eigenvalue weighted by atomic mass is 16.2. The predicted molar refractivity (Wildman–Crippen MR) is 78.7 cm³/mol. The van der Waals surface area contributed by atoms with Crippen molar-refractivity contribution in [3.05, 3.63) is 17.6 Å². The maximum Gasteiger partial charge on any atom is 0.220 e. The van der Waals surface area contributed by atoms with Gasteiger partial charge in [0.1, 0.15) is 11.6 Å². The molecule has 1 saturated heterocycles. The predicted octanol–water partition coefficient (Wildman–Crippen LogP) is 0.626. The quantitative estimate of drug-likeness (QED) is 0.777. The topological polar surface area (TPSA) is 87.2 Å². The van der Waals surface area contributed by atoms with E-state index in [9.17, 15) is 9.59 Å². The first-order chi connectivity index (χ1) is 9.97. The first kappa shape index (κ1) is 15.2. The summed E-state index contributed by atoms with van der Waals surface area (Å²) in [6.07, 6.45) is 0.932. The summed E-state index contributed by atoms with van der Waals surface area (Å²) < 4.78 is 0. The average molecular weight is 291 g/mol. The van der Waals surface area contributed by atoms with Gasteiger partial charge in [0.15, 0.2) is 0 Å². The van der Waals surface area contributed by atoms with E-state index in [2.05, 4.69) is 20.6 Å². The van der Waals surface area contributed by atoms with Crippen LogP contribution in [-0.4, -0.2) is 46.3 Å². The molecule has 1 aromatic heterocycles. The Bertz CT molecular complexity index is 546. The Balaban J connectivity index is 2.00. The van der Waals surface area contributed by atoms with Crippen LogP contribution >= 0.6 is 0 Å².